The van der Waals surface area contributed by atoms with Crippen LogP contribution in [0, 0.1) is 0 Å². The van der Waals surface area contributed by atoms with Crippen LogP contribution >= 0.6 is 11.8 Å². The van der Waals surface area contributed by atoms with Crippen LogP contribution in [0.25, 0.3) is 0 Å². The fourth-order valence-electron chi connectivity index (χ4n) is 0.987. The number of quaternary nitrogens is 1. The number of carboxylic acid groups (broad SMARTS) is 1. The zero-order chi connectivity index (χ0) is 10.6. The van der Waals surface area contributed by atoms with Crippen molar-refractivity contribution in [1.82, 2.24) is 0 Å². The van der Waals surface area contributed by atoms with Crippen LogP contribution in [0.2, 0.25) is 0 Å². The average molecular weight is 211 g/mol. The predicted octanol–water partition coefficient (Wildman–Crippen LogP) is -0.472. The summed E-state index contributed by atoms with van der Waals surface area (Å²) in [5.74, 6) is -1.10. The molecule has 0 saturated heterocycles. The summed E-state index contributed by atoms with van der Waals surface area (Å²) in [6.07, 6.45) is 0. The summed E-state index contributed by atoms with van der Waals surface area (Å²) in [4.78, 5) is 11.6. The Balaban J connectivity index is 2.57. The van der Waals surface area contributed by atoms with E-state index in [1.54, 1.807) is 0 Å². The highest BCUT2D eigenvalue weighted by molar-refractivity contribution is 8.00. The topological polar surface area (TPSA) is 67.8 Å². The Morgan fingerprint density at radius 3 is 2.50 bits per heavy atom. The SMILES string of the molecule is C[C@@H](Sc1ccccc1)[C@@H]([NH3+])C(=O)[O-]. The van der Waals surface area contributed by atoms with Crippen molar-refractivity contribution >= 4 is 17.7 Å². The average Bonchev–Trinajstić information content (AvgIpc) is 2.18. The second-order valence-corrected chi connectivity index (χ2v) is 4.51. The van der Waals surface area contributed by atoms with Gasteiger partial charge in [0.25, 0.3) is 0 Å². The molecule has 3 nitrogen and oxygen atoms in total. The zero-order valence-corrected chi connectivity index (χ0v) is 8.79. The monoisotopic (exact) mass is 211 g/mol. The Bertz CT molecular complexity index is 302. The summed E-state index contributed by atoms with van der Waals surface area (Å²) >= 11 is 1.50. The molecule has 3 N–H and O–H groups in total. The summed E-state index contributed by atoms with van der Waals surface area (Å²) in [6, 6.07) is 8.99. The van der Waals surface area contributed by atoms with Gasteiger partial charge in [0.05, 0.1) is 5.25 Å². The molecular formula is C10H13NO2S. The number of hydrogen-bond acceptors (Lipinski definition) is 3. The van der Waals surface area contributed by atoms with Gasteiger partial charge in [-0.15, -0.1) is 11.8 Å². The molecule has 0 saturated carbocycles. The van der Waals surface area contributed by atoms with Crippen LogP contribution in [0.4, 0.5) is 0 Å². The Morgan fingerprint density at radius 1 is 1.43 bits per heavy atom. The van der Waals surface area contributed by atoms with Gasteiger partial charge in [-0.05, 0) is 19.1 Å². The van der Waals surface area contributed by atoms with Crippen molar-refractivity contribution in [3.63, 3.8) is 0 Å². The Morgan fingerprint density at radius 2 is 2.00 bits per heavy atom. The van der Waals surface area contributed by atoms with Crippen molar-refractivity contribution in [2.45, 2.75) is 23.1 Å². The highest BCUT2D eigenvalue weighted by Crippen LogP contribution is 2.23. The summed E-state index contributed by atoms with van der Waals surface area (Å²) in [5, 5.41) is 10.5. The molecule has 1 aromatic carbocycles. The summed E-state index contributed by atoms with van der Waals surface area (Å²) in [7, 11) is 0. The Hall–Kier alpha value is -1.00. The fraction of sp³-hybridized carbons (Fsp3) is 0.300. The fourth-order valence-corrected chi connectivity index (χ4v) is 2.01. The van der Waals surface area contributed by atoms with Crippen LogP contribution in [0.3, 0.4) is 0 Å². The first-order valence-electron chi connectivity index (χ1n) is 4.37. The van der Waals surface area contributed by atoms with E-state index >= 15 is 0 Å². The third kappa shape index (κ3) is 3.05. The van der Waals surface area contributed by atoms with Crippen LogP contribution in [-0.4, -0.2) is 17.3 Å². The van der Waals surface area contributed by atoms with Gasteiger partial charge in [-0.25, -0.2) is 0 Å². The van der Waals surface area contributed by atoms with Crippen LogP contribution in [0.15, 0.2) is 35.2 Å². The molecule has 0 bridgehead atoms. The van der Waals surface area contributed by atoms with Crippen molar-refractivity contribution in [3.05, 3.63) is 30.3 Å². The van der Waals surface area contributed by atoms with Gasteiger partial charge in [0, 0.05) is 4.90 Å². The number of rotatable bonds is 4. The van der Waals surface area contributed by atoms with Gasteiger partial charge in [0.15, 0.2) is 0 Å². The minimum atomic E-state index is -1.10. The first kappa shape index (κ1) is 11.1. The smallest absolute Gasteiger partial charge is 0.137 e. The number of carboxylic acids is 1. The maximum Gasteiger partial charge on any atom is 0.137 e. The number of benzene rings is 1. The summed E-state index contributed by atoms with van der Waals surface area (Å²) < 4.78 is 0. The predicted molar refractivity (Wildman–Crippen MR) is 53.4 cm³/mol. The van der Waals surface area contributed by atoms with Gasteiger partial charge in [-0.2, -0.15) is 0 Å². The van der Waals surface area contributed by atoms with E-state index in [4.69, 9.17) is 0 Å². The maximum absolute atomic E-state index is 10.5. The molecule has 1 aromatic rings. The van der Waals surface area contributed by atoms with E-state index in [0.29, 0.717) is 0 Å². The minimum absolute atomic E-state index is 0.0811. The maximum atomic E-state index is 10.5. The molecule has 0 spiro atoms. The van der Waals surface area contributed by atoms with E-state index in [1.165, 1.54) is 11.8 Å². The molecule has 0 aliphatic heterocycles. The molecule has 14 heavy (non-hydrogen) atoms. The van der Waals surface area contributed by atoms with Crippen LogP contribution in [0.5, 0.6) is 0 Å². The van der Waals surface area contributed by atoms with Crippen molar-refractivity contribution < 1.29 is 15.6 Å². The lowest BCUT2D eigenvalue weighted by molar-refractivity contribution is -0.436. The number of aliphatic carboxylic acids is 1. The second kappa shape index (κ2) is 5.02. The molecule has 0 aliphatic rings. The third-order valence-electron chi connectivity index (χ3n) is 1.93. The van der Waals surface area contributed by atoms with Crippen LogP contribution < -0.4 is 10.8 Å². The van der Waals surface area contributed by atoms with Gasteiger partial charge < -0.3 is 15.6 Å². The standard InChI is InChI=1S/C10H13NO2S/c1-7(9(11)10(12)13)14-8-5-3-2-4-6-8/h2-7,9H,11H2,1H3,(H,12,13)/t7-,9-/m1/s1. The van der Waals surface area contributed by atoms with Crippen molar-refractivity contribution in [2.75, 3.05) is 0 Å². The lowest BCUT2D eigenvalue weighted by atomic mass is 10.2. The normalized spacial score (nSPS) is 14.7. The van der Waals surface area contributed by atoms with Crippen LogP contribution in [-0.2, 0) is 4.79 Å². The molecule has 2 atom stereocenters. The first-order valence-corrected chi connectivity index (χ1v) is 5.25. The van der Waals surface area contributed by atoms with Crippen molar-refractivity contribution in [1.29, 1.82) is 0 Å². The van der Waals surface area contributed by atoms with Gasteiger partial charge in [0.1, 0.15) is 12.0 Å². The number of carbonyl (C=O) groups is 1. The highest BCUT2D eigenvalue weighted by Gasteiger charge is 2.18. The Kier molecular flexibility index (Phi) is 3.98. The number of thioether (sulfide) groups is 1. The van der Waals surface area contributed by atoms with E-state index in [2.05, 4.69) is 5.73 Å². The van der Waals surface area contributed by atoms with E-state index < -0.39 is 12.0 Å². The Labute approximate surface area is 87.3 Å². The molecule has 0 fully saturated rings. The first-order chi connectivity index (χ1) is 6.61. The molecule has 0 unspecified atom stereocenters. The summed E-state index contributed by atoms with van der Waals surface area (Å²) in [5.41, 5.74) is 3.55. The summed E-state index contributed by atoms with van der Waals surface area (Å²) in [6.45, 7) is 1.84. The van der Waals surface area contributed by atoms with Crippen molar-refractivity contribution in [2.24, 2.45) is 0 Å². The quantitative estimate of drug-likeness (QED) is 0.684. The van der Waals surface area contributed by atoms with E-state index in [1.807, 2.05) is 37.3 Å². The van der Waals surface area contributed by atoms with Gasteiger partial charge >= 0.3 is 0 Å². The molecule has 0 aliphatic carbocycles. The molecule has 0 amide bonds. The van der Waals surface area contributed by atoms with Crippen LogP contribution in [0.1, 0.15) is 6.92 Å². The highest BCUT2D eigenvalue weighted by atomic mass is 32.2. The molecular weight excluding hydrogens is 198 g/mol. The minimum Gasteiger partial charge on any atom is -0.544 e. The molecule has 76 valence electrons. The van der Waals surface area contributed by atoms with Gasteiger partial charge in [-0.1, -0.05) is 18.2 Å². The largest absolute Gasteiger partial charge is 0.544 e. The molecule has 0 heterocycles. The molecule has 0 radical (unpaired) electrons. The molecule has 1 rings (SSSR count). The third-order valence-corrected chi connectivity index (χ3v) is 3.18. The van der Waals surface area contributed by atoms with Gasteiger partial charge in [0.2, 0.25) is 0 Å². The van der Waals surface area contributed by atoms with Crippen molar-refractivity contribution in [3.8, 4) is 0 Å². The molecule has 4 heteroatoms. The van der Waals surface area contributed by atoms with E-state index in [0.717, 1.165) is 4.90 Å². The number of hydrogen-bond donors (Lipinski definition) is 1. The van der Waals surface area contributed by atoms with Gasteiger partial charge in [-0.3, -0.25) is 0 Å². The zero-order valence-electron chi connectivity index (χ0n) is 7.97. The lowest BCUT2D eigenvalue weighted by Crippen LogP contribution is -2.72. The second-order valence-electron chi connectivity index (χ2n) is 3.06. The number of carbonyl (C=O) groups excluding carboxylic acids is 1. The molecule has 0 aromatic heterocycles. The van der Waals surface area contributed by atoms with E-state index in [9.17, 15) is 9.90 Å². The van der Waals surface area contributed by atoms with E-state index in [-0.39, 0.29) is 5.25 Å². The lowest BCUT2D eigenvalue weighted by Gasteiger charge is -2.16.